The molecule has 0 radical (unpaired) electrons. The van der Waals surface area contributed by atoms with Gasteiger partial charge in [0.2, 0.25) is 5.95 Å². The number of nitrogens with two attached hydrogens (primary N) is 1. The van der Waals surface area contributed by atoms with Gasteiger partial charge in [0, 0.05) is 16.9 Å². The summed E-state index contributed by atoms with van der Waals surface area (Å²) in [5, 5.41) is 3.18. The second kappa shape index (κ2) is 5.67. The first-order valence-corrected chi connectivity index (χ1v) is 6.32. The predicted molar refractivity (Wildman–Crippen MR) is 78.4 cm³/mol. The van der Waals surface area contributed by atoms with Gasteiger partial charge in [-0.05, 0) is 32.4 Å². The maximum atomic E-state index is 5.51. The van der Waals surface area contributed by atoms with Crippen LogP contribution in [0.25, 0.3) is 0 Å². The van der Waals surface area contributed by atoms with Gasteiger partial charge >= 0.3 is 0 Å². The van der Waals surface area contributed by atoms with Gasteiger partial charge in [-0.2, -0.15) is 4.98 Å². The Hall–Kier alpha value is -2.14. The molecular weight excluding hydrogens is 238 g/mol. The zero-order chi connectivity index (χ0) is 13.8. The predicted octanol–water partition coefficient (Wildman–Crippen LogP) is 2.69. The lowest BCUT2D eigenvalue weighted by atomic mass is 10.2. The molecule has 5 heteroatoms. The third-order valence-corrected chi connectivity index (χ3v) is 3.01. The molecule has 0 fully saturated rings. The highest BCUT2D eigenvalue weighted by Crippen LogP contribution is 2.20. The highest BCUT2D eigenvalue weighted by atomic mass is 15.3. The number of hydrogen-bond donors (Lipinski definition) is 3. The zero-order valence-electron chi connectivity index (χ0n) is 11.5. The zero-order valence-corrected chi connectivity index (χ0v) is 11.5. The topological polar surface area (TPSA) is 75.9 Å². The van der Waals surface area contributed by atoms with Gasteiger partial charge in [-0.25, -0.2) is 10.8 Å². The molecule has 0 atom stereocenters. The average Bonchev–Trinajstić information content (AvgIpc) is 2.40. The molecule has 0 amide bonds. The number of aryl methyl sites for hydroxylation is 2. The SMILES string of the molecule is CCc1c(C)nc(Nc2ccc(C)cc2)nc1NN. The lowest BCUT2D eigenvalue weighted by molar-refractivity contribution is 0.994. The van der Waals surface area contributed by atoms with E-state index in [1.807, 2.05) is 31.2 Å². The van der Waals surface area contributed by atoms with Crippen molar-refractivity contribution in [2.45, 2.75) is 27.2 Å². The molecule has 5 nitrogen and oxygen atoms in total. The van der Waals surface area contributed by atoms with Crippen molar-refractivity contribution in [2.75, 3.05) is 10.7 Å². The summed E-state index contributed by atoms with van der Waals surface area (Å²) < 4.78 is 0. The van der Waals surface area contributed by atoms with Gasteiger partial charge in [0.25, 0.3) is 0 Å². The maximum Gasteiger partial charge on any atom is 0.229 e. The minimum absolute atomic E-state index is 0.548. The smallest absolute Gasteiger partial charge is 0.229 e. The number of benzene rings is 1. The number of anilines is 3. The summed E-state index contributed by atoms with van der Waals surface area (Å²) in [6.45, 7) is 6.07. The van der Waals surface area contributed by atoms with Crippen molar-refractivity contribution < 1.29 is 0 Å². The summed E-state index contributed by atoms with van der Waals surface area (Å²) in [7, 11) is 0. The van der Waals surface area contributed by atoms with E-state index in [4.69, 9.17) is 5.84 Å². The lowest BCUT2D eigenvalue weighted by Crippen LogP contribution is -2.14. The third-order valence-electron chi connectivity index (χ3n) is 3.01. The van der Waals surface area contributed by atoms with Gasteiger partial charge in [-0.3, -0.25) is 0 Å². The summed E-state index contributed by atoms with van der Waals surface area (Å²) in [6.07, 6.45) is 0.843. The minimum Gasteiger partial charge on any atom is -0.324 e. The van der Waals surface area contributed by atoms with Crippen LogP contribution in [0.15, 0.2) is 24.3 Å². The van der Waals surface area contributed by atoms with Crippen LogP contribution in [0.5, 0.6) is 0 Å². The molecule has 4 N–H and O–H groups in total. The maximum absolute atomic E-state index is 5.51. The minimum atomic E-state index is 0.548. The molecule has 1 heterocycles. The first-order chi connectivity index (χ1) is 9.13. The number of rotatable bonds is 4. The van der Waals surface area contributed by atoms with E-state index in [0.29, 0.717) is 11.8 Å². The van der Waals surface area contributed by atoms with Gasteiger partial charge in [-0.1, -0.05) is 24.6 Å². The van der Waals surface area contributed by atoms with Crippen molar-refractivity contribution in [3.8, 4) is 0 Å². The Morgan fingerprint density at radius 3 is 2.37 bits per heavy atom. The first-order valence-electron chi connectivity index (χ1n) is 6.32. The van der Waals surface area contributed by atoms with Crippen LogP contribution in [-0.4, -0.2) is 9.97 Å². The summed E-state index contributed by atoms with van der Waals surface area (Å²) in [6, 6.07) is 8.07. The van der Waals surface area contributed by atoms with Gasteiger partial charge in [-0.15, -0.1) is 0 Å². The van der Waals surface area contributed by atoms with Crippen LogP contribution in [0, 0.1) is 13.8 Å². The number of hydrazine groups is 1. The molecule has 100 valence electrons. The van der Waals surface area contributed by atoms with Crippen LogP contribution in [0.3, 0.4) is 0 Å². The molecule has 0 aliphatic carbocycles. The van der Waals surface area contributed by atoms with Crippen molar-refractivity contribution in [2.24, 2.45) is 5.84 Å². The molecule has 0 aliphatic heterocycles. The Kier molecular flexibility index (Phi) is 3.97. The van der Waals surface area contributed by atoms with Crippen molar-refractivity contribution in [3.63, 3.8) is 0 Å². The van der Waals surface area contributed by atoms with Crippen LogP contribution in [0.2, 0.25) is 0 Å². The van der Waals surface area contributed by atoms with Crippen LogP contribution in [0.1, 0.15) is 23.7 Å². The normalized spacial score (nSPS) is 10.3. The van der Waals surface area contributed by atoms with E-state index in [2.05, 4.69) is 34.6 Å². The number of nitrogens with zero attached hydrogens (tertiary/aromatic N) is 2. The van der Waals surface area contributed by atoms with Crippen LogP contribution in [-0.2, 0) is 6.42 Å². The Labute approximate surface area is 113 Å². The molecule has 1 aromatic heterocycles. The first kappa shape index (κ1) is 13.3. The monoisotopic (exact) mass is 257 g/mol. The molecule has 2 aromatic rings. The molecule has 0 saturated carbocycles. The molecule has 19 heavy (non-hydrogen) atoms. The van der Waals surface area contributed by atoms with Crippen LogP contribution < -0.4 is 16.6 Å². The largest absolute Gasteiger partial charge is 0.324 e. The summed E-state index contributed by atoms with van der Waals surface area (Å²) >= 11 is 0. The Balaban J connectivity index is 2.30. The fourth-order valence-corrected chi connectivity index (χ4v) is 1.96. The van der Waals surface area contributed by atoms with Gasteiger partial charge < -0.3 is 10.7 Å². The van der Waals surface area contributed by atoms with E-state index in [9.17, 15) is 0 Å². The highest BCUT2D eigenvalue weighted by molar-refractivity contribution is 5.57. The van der Waals surface area contributed by atoms with Crippen LogP contribution >= 0.6 is 0 Å². The van der Waals surface area contributed by atoms with E-state index < -0.39 is 0 Å². The van der Waals surface area contributed by atoms with E-state index >= 15 is 0 Å². The van der Waals surface area contributed by atoms with E-state index in [0.717, 1.165) is 23.4 Å². The molecular formula is C14H19N5. The summed E-state index contributed by atoms with van der Waals surface area (Å²) in [5.74, 6) is 6.73. The fraction of sp³-hybridized carbons (Fsp3) is 0.286. The van der Waals surface area contributed by atoms with Crippen molar-refractivity contribution in [1.29, 1.82) is 0 Å². The number of nitrogens with one attached hydrogen (secondary N) is 2. The van der Waals surface area contributed by atoms with E-state index in [-0.39, 0.29) is 0 Å². The van der Waals surface area contributed by atoms with Crippen molar-refractivity contribution in [1.82, 2.24) is 9.97 Å². The van der Waals surface area contributed by atoms with Crippen molar-refractivity contribution in [3.05, 3.63) is 41.1 Å². The van der Waals surface area contributed by atoms with Gasteiger partial charge in [0.15, 0.2) is 0 Å². The van der Waals surface area contributed by atoms with Crippen LogP contribution in [0.4, 0.5) is 17.5 Å². The quantitative estimate of drug-likeness (QED) is 0.580. The fourth-order valence-electron chi connectivity index (χ4n) is 1.96. The summed E-state index contributed by atoms with van der Waals surface area (Å²) in [5.41, 5.74) is 6.77. The summed E-state index contributed by atoms with van der Waals surface area (Å²) in [4.78, 5) is 8.83. The number of hydrogen-bond acceptors (Lipinski definition) is 5. The lowest BCUT2D eigenvalue weighted by Gasteiger charge is -2.12. The molecule has 2 rings (SSSR count). The number of aromatic nitrogens is 2. The molecule has 0 spiro atoms. The molecule has 0 bridgehead atoms. The van der Waals surface area contributed by atoms with E-state index in [1.165, 1.54) is 5.56 Å². The second-order valence-corrected chi connectivity index (χ2v) is 4.45. The molecule has 1 aromatic carbocycles. The van der Waals surface area contributed by atoms with E-state index in [1.54, 1.807) is 0 Å². The van der Waals surface area contributed by atoms with Gasteiger partial charge in [0.1, 0.15) is 5.82 Å². The molecule has 0 aliphatic rings. The second-order valence-electron chi connectivity index (χ2n) is 4.45. The molecule has 0 saturated heterocycles. The Morgan fingerprint density at radius 1 is 1.11 bits per heavy atom. The van der Waals surface area contributed by atoms with Gasteiger partial charge in [0.05, 0.1) is 0 Å². The third kappa shape index (κ3) is 3.00. The Morgan fingerprint density at radius 2 is 1.79 bits per heavy atom. The molecule has 0 unspecified atom stereocenters. The number of nitrogen functional groups attached to an aromatic ring is 1. The average molecular weight is 257 g/mol. The standard InChI is InChI=1S/C14H19N5/c1-4-12-10(3)16-14(18-13(12)19-15)17-11-7-5-9(2)6-8-11/h5-8H,4,15H2,1-3H3,(H2,16,17,18,19). The van der Waals surface area contributed by atoms with Crippen molar-refractivity contribution >= 4 is 17.5 Å². The Bertz CT molecular complexity index is 563. The highest BCUT2D eigenvalue weighted by Gasteiger charge is 2.09.